The number of aliphatic hydroxyl groups is 1. The van der Waals surface area contributed by atoms with Gasteiger partial charge in [-0.05, 0) is 38.6 Å². The molecule has 0 saturated carbocycles. The largest absolute Gasteiger partial charge is 0.389 e. The quantitative estimate of drug-likeness (QED) is 0.838. The van der Waals surface area contributed by atoms with Gasteiger partial charge in [-0.3, -0.25) is 0 Å². The Kier molecular flexibility index (Phi) is 3.64. The van der Waals surface area contributed by atoms with Crippen LogP contribution >= 0.6 is 0 Å². The molecule has 0 spiro atoms. The Morgan fingerprint density at radius 2 is 2.24 bits per heavy atom. The van der Waals surface area contributed by atoms with Crippen LogP contribution in [-0.4, -0.2) is 47.7 Å². The van der Waals surface area contributed by atoms with Crippen LogP contribution in [0.25, 0.3) is 0 Å². The van der Waals surface area contributed by atoms with Gasteiger partial charge in [-0.2, -0.15) is 0 Å². The van der Waals surface area contributed by atoms with Gasteiger partial charge >= 0.3 is 0 Å². The molecule has 1 aromatic rings. The average Bonchev–Trinajstić information content (AvgIpc) is 2.29. The maximum Gasteiger partial charge on any atom is 0.129 e. The van der Waals surface area contributed by atoms with E-state index in [1.165, 1.54) is 0 Å². The van der Waals surface area contributed by atoms with Gasteiger partial charge in [0.05, 0.1) is 6.10 Å². The minimum Gasteiger partial charge on any atom is -0.389 e. The Labute approximate surface area is 103 Å². The van der Waals surface area contributed by atoms with Gasteiger partial charge in [0.2, 0.25) is 0 Å². The van der Waals surface area contributed by atoms with Gasteiger partial charge in [-0.15, -0.1) is 0 Å². The number of aliphatic hydroxyl groups excluding tert-OH is 1. The zero-order valence-corrected chi connectivity index (χ0v) is 10.8. The van der Waals surface area contributed by atoms with Crippen LogP contribution in [0.15, 0.2) is 18.3 Å². The van der Waals surface area contributed by atoms with E-state index in [4.69, 9.17) is 0 Å². The maximum absolute atomic E-state index is 9.60. The highest BCUT2D eigenvalue weighted by Crippen LogP contribution is 2.21. The number of anilines is 1. The van der Waals surface area contributed by atoms with E-state index in [0.717, 1.165) is 31.0 Å². The normalized spacial score (nSPS) is 23.8. The highest BCUT2D eigenvalue weighted by molar-refractivity contribution is 5.43. The number of pyridine rings is 1. The number of hydrogen-bond donors (Lipinski definition) is 1. The van der Waals surface area contributed by atoms with Crippen molar-refractivity contribution in [3.63, 3.8) is 0 Å². The smallest absolute Gasteiger partial charge is 0.129 e. The van der Waals surface area contributed by atoms with Crippen molar-refractivity contribution in [1.82, 2.24) is 9.88 Å². The second-order valence-electron chi connectivity index (χ2n) is 4.93. The fraction of sp³-hybridized carbons (Fsp3) is 0.615. The molecule has 0 aliphatic carbocycles. The summed E-state index contributed by atoms with van der Waals surface area (Å²) in [6.07, 6.45) is 1.35. The summed E-state index contributed by atoms with van der Waals surface area (Å²) in [4.78, 5) is 9.06. The molecule has 1 aliphatic rings. The van der Waals surface area contributed by atoms with Crippen molar-refractivity contribution in [3.8, 4) is 0 Å². The van der Waals surface area contributed by atoms with Crippen molar-refractivity contribution in [2.45, 2.75) is 26.0 Å². The average molecular weight is 235 g/mol. The van der Waals surface area contributed by atoms with Crippen LogP contribution in [0.4, 0.5) is 5.82 Å². The van der Waals surface area contributed by atoms with Crippen molar-refractivity contribution in [1.29, 1.82) is 0 Å². The molecule has 2 unspecified atom stereocenters. The van der Waals surface area contributed by atoms with Crippen LogP contribution in [0.5, 0.6) is 0 Å². The Balaban J connectivity index is 2.19. The number of aromatic nitrogens is 1. The highest BCUT2D eigenvalue weighted by atomic mass is 16.3. The van der Waals surface area contributed by atoms with Crippen LogP contribution in [0.3, 0.4) is 0 Å². The number of piperazine rings is 1. The van der Waals surface area contributed by atoms with Gasteiger partial charge < -0.3 is 14.9 Å². The van der Waals surface area contributed by atoms with E-state index in [9.17, 15) is 5.11 Å². The molecule has 1 aromatic heterocycles. The zero-order valence-electron chi connectivity index (χ0n) is 10.8. The first-order chi connectivity index (χ1) is 8.08. The first-order valence-electron chi connectivity index (χ1n) is 6.17. The second kappa shape index (κ2) is 5.02. The molecule has 17 heavy (non-hydrogen) atoms. The molecule has 4 heteroatoms. The molecule has 0 radical (unpaired) electrons. The number of rotatable bonds is 2. The lowest BCUT2D eigenvalue weighted by Gasteiger charge is -2.39. The SMILES string of the molecule is CC(O)c1ccnc(N2CCN(C)CC2C)c1. The summed E-state index contributed by atoms with van der Waals surface area (Å²) in [6, 6.07) is 4.33. The molecule has 0 amide bonds. The van der Waals surface area contributed by atoms with Gasteiger partial charge in [0.1, 0.15) is 5.82 Å². The summed E-state index contributed by atoms with van der Waals surface area (Å²) >= 11 is 0. The van der Waals surface area contributed by atoms with Crippen molar-refractivity contribution in [2.24, 2.45) is 0 Å². The first-order valence-corrected chi connectivity index (χ1v) is 6.17. The maximum atomic E-state index is 9.60. The lowest BCUT2D eigenvalue weighted by atomic mass is 10.1. The van der Waals surface area contributed by atoms with Gasteiger partial charge in [0.25, 0.3) is 0 Å². The van der Waals surface area contributed by atoms with Gasteiger partial charge in [-0.25, -0.2) is 4.98 Å². The molecule has 0 aromatic carbocycles. The van der Waals surface area contributed by atoms with E-state index in [1.54, 1.807) is 13.1 Å². The van der Waals surface area contributed by atoms with Crippen LogP contribution in [0.1, 0.15) is 25.5 Å². The molecule has 1 fully saturated rings. The Hall–Kier alpha value is -1.13. The summed E-state index contributed by atoms with van der Waals surface area (Å²) in [7, 11) is 2.15. The molecule has 2 atom stereocenters. The third kappa shape index (κ3) is 2.76. The van der Waals surface area contributed by atoms with Crippen LogP contribution in [0.2, 0.25) is 0 Å². The van der Waals surface area contributed by atoms with Crippen molar-refractivity contribution >= 4 is 5.82 Å². The van der Waals surface area contributed by atoms with Crippen LogP contribution < -0.4 is 4.90 Å². The Bertz CT molecular complexity index is 381. The molecule has 2 rings (SSSR count). The Morgan fingerprint density at radius 3 is 2.88 bits per heavy atom. The zero-order chi connectivity index (χ0) is 12.4. The van der Waals surface area contributed by atoms with E-state index in [0.29, 0.717) is 6.04 Å². The molecule has 0 bridgehead atoms. The summed E-state index contributed by atoms with van der Waals surface area (Å²) in [5, 5.41) is 9.60. The third-order valence-corrected chi connectivity index (χ3v) is 3.38. The number of nitrogens with zero attached hydrogens (tertiary/aromatic N) is 3. The van der Waals surface area contributed by atoms with Crippen LogP contribution in [0, 0.1) is 0 Å². The fourth-order valence-corrected chi connectivity index (χ4v) is 2.33. The van der Waals surface area contributed by atoms with Crippen LogP contribution in [-0.2, 0) is 0 Å². The van der Waals surface area contributed by atoms with E-state index in [2.05, 4.69) is 28.8 Å². The number of hydrogen-bond acceptors (Lipinski definition) is 4. The highest BCUT2D eigenvalue weighted by Gasteiger charge is 2.22. The summed E-state index contributed by atoms with van der Waals surface area (Å²) in [5.41, 5.74) is 0.932. The molecule has 94 valence electrons. The lowest BCUT2D eigenvalue weighted by Crippen LogP contribution is -2.50. The first kappa shape index (κ1) is 12.3. The van der Waals surface area contributed by atoms with E-state index in [-0.39, 0.29) is 0 Å². The van der Waals surface area contributed by atoms with E-state index >= 15 is 0 Å². The molecule has 1 saturated heterocycles. The summed E-state index contributed by atoms with van der Waals surface area (Å²) in [5.74, 6) is 0.976. The third-order valence-electron chi connectivity index (χ3n) is 3.38. The van der Waals surface area contributed by atoms with Crippen molar-refractivity contribution in [2.75, 3.05) is 31.6 Å². The van der Waals surface area contributed by atoms with Crippen molar-refractivity contribution in [3.05, 3.63) is 23.9 Å². The molecule has 1 N–H and O–H groups in total. The molecule has 1 aliphatic heterocycles. The predicted octanol–water partition coefficient (Wildman–Crippen LogP) is 1.28. The van der Waals surface area contributed by atoms with Gasteiger partial charge in [-0.1, -0.05) is 0 Å². The van der Waals surface area contributed by atoms with Gasteiger partial charge in [0.15, 0.2) is 0 Å². The fourth-order valence-electron chi connectivity index (χ4n) is 2.33. The minimum absolute atomic E-state index is 0.431. The second-order valence-corrected chi connectivity index (χ2v) is 4.93. The Morgan fingerprint density at radius 1 is 1.47 bits per heavy atom. The summed E-state index contributed by atoms with van der Waals surface area (Å²) < 4.78 is 0. The molecule has 2 heterocycles. The minimum atomic E-state index is -0.431. The summed E-state index contributed by atoms with van der Waals surface area (Å²) in [6.45, 7) is 7.11. The van der Waals surface area contributed by atoms with Crippen molar-refractivity contribution < 1.29 is 5.11 Å². The number of likely N-dealkylation sites (N-methyl/N-ethyl adjacent to an activating group) is 1. The lowest BCUT2D eigenvalue weighted by molar-refractivity contribution is 0.199. The topological polar surface area (TPSA) is 39.6 Å². The standard InChI is InChI=1S/C13H21N3O/c1-10-9-15(3)6-7-16(10)13-8-12(11(2)17)4-5-14-13/h4-5,8,10-11,17H,6-7,9H2,1-3H3. The van der Waals surface area contributed by atoms with E-state index < -0.39 is 6.10 Å². The predicted molar refractivity (Wildman–Crippen MR) is 69.2 cm³/mol. The molecule has 4 nitrogen and oxygen atoms in total. The monoisotopic (exact) mass is 235 g/mol. The van der Waals surface area contributed by atoms with E-state index in [1.807, 2.05) is 12.1 Å². The van der Waals surface area contributed by atoms with Gasteiger partial charge in [0, 0.05) is 31.9 Å². The molecular formula is C13H21N3O. The molecular weight excluding hydrogens is 214 g/mol.